The van der Waals surface area contributed by atoms with Gasteiger partial charge in [0.1, 0.15) is 17.7 Å². The minimum Gasteiger partial charge on any atom is -0.497 e. The van der Waals surface area contributed by atoms with Crippen molar-refractivity contribution in [3.63, 3.8) is 0 Å². The van der Waals surface area contributed by atoms with Gasteiger partial charge in [-0.05, 0) is 12.1 Å². The SMILES string of the molecule is COc1ccc2c(C(=O)C(C)C)nn(CC=O)c2c1. The van der Waals surface area contributed by atoms with Crippen molar-refractivity contribution in [1.82, 2.24) is 9.78 Å². The van der Waals surface area contributed by atoms with Gasteiger partial charge in [0.15, 0.2) is 5.78 Å². The maximum absolute atomic E-state index is 12.1. The highest BCUT2D eigenvalue weighted by atomic mass is 16.5. The number of nitrogens with zero attached hydrogens (tertiary/aromatic N) is 2. The summed E-state index contributed by atoms with van der Waals surface area (Å²) in [5, 5.41) is 5.01. The lowest BCUT2D eigenvalue weighted by molar-refractivity contribution is -0.108. The molecule has 0 aliphatic heterocycles. The van der Waals surface area contributed by atoms with E-state index in [2.05, 4.69) is 5.10 Å². The van der Waals surface area contributed by atoms with Gasteiger partial charge in [-0.15, -0.1) is 0 Å². The standard InChI is InChI=1S/C14H16N2O3/c1-9(2)14(18)13-11-5-4-10(19-3)8-12(11)16(15-13)6-7-17/h4-5,7-9H,6H2,1-3H3. The van der Waals surface area contributed by atoms with Crippen LogP contribution in [0.2, 0.25) is 0 Å². The van der Waals surface area contributed by atoms with Crippen LogP contribution in [-0.4, -0.2) is 29.0 Å². The molecule has 19 heavy (non-hydrogen) atoms. The van der Waals surface area contributed by atoms with Gasteiger partial charge in [-0.2, -0.15) is 5.10 Å². The number of methoxy groups -OCH3 is 1. The van der Waals surface area contributed by atoms with Crippen LogP contribution in [0.25, 0.3) is 10.9 Å². The van der Waals surface area contributed by atoms with Gasteiger partial charge in [0.25, 0.3) is 0 Å². The highest BCUT2D eigenvalue weighted by Gasteiger charge is 2.19. The molecule has 2 rings (SSSR count). The van der Waals surface area contributed by atoms with Crippen LogP contribution in [0.4, 0.5) is 0 Å². The molecule has 0 bridgehead atoms. The lowest BCUT2D eigenvalue weighted by Crippen LogP contribution is -2.10. The molecular weight excluding hydrogens is 244 g/mol. The minimum absolute atomic E-state index is 0.0279. The van der Waals surface area contributed by atoms with Crippen molar-refractivity contribution < 1.29 is 14.3 Å². The second kappa shape index (κ2) is 5.22. The van der Waals surface area contributed by atoms with Gasteiger partial charge >= 0.3 is 0 Å². The van der Waals surface area contributed by atoms with Gasteiger partial charge in [-0.1, -0.05) is 13.8 Å². The van der Waals surface area contributed by atoms with Crippen LogP contribution < -0.4 is 4.74 Å². The van der Waals surface area contributed by atoms with Crippen LogP contribution in [0, 0.1) is 5.92 Å². The van der Waals surface area contributed by atoms with Crippen molar-refractivity contribution in [3.05, 3.63) is 23.9 Å². The number of aldehydes is 1. The van der Waals surface area contributed by atoms with Crippen LogP contribution in [0.15, 0.2) is 18.2 Å². The number of hydrogen-bond acceptors (Lipinski definition) is 4. The normalized spacial score (nSPS) is 10.9. The Morgan fingerprint density at radius 3 is 2.79 bits per heavy atom. The van der Waals surface area contributed by atoms with E-state index in [1.54, 1.807) is 25.3 Å². The Morgan fingerprint density at radius 1 is 1.47 bits per heavy atom. The molecule has 0 saturated heterocycles. The van der Waals surface area contributed by atoms with E-state index >= 15 is 0 Å². The first kappa shape index (κ1) is 13.3. The van der Waals surface area contributed by atoms with Gasteiger partial charge in [-0.3, -0.25) is 9.48 Å². The predicted octanol–water partition coefficient (Wildman–Crippen LogP) is 2.08. The second-order valence-corrected chi connectivity index (χ2v) is 4.60. The zero-order valence-electron chi connectivity index (χ0n) is 11.2. The number of fused-ring (bicyclic) bond motifs is 1. The molecular formula is C14H16N2O3. The van der Waals surface area contributed by atoms with Crippen LogP contribution in [0.3, 0.4) is 0 Å². The first-order valence-corrected chi connectivity index (χ1v) is 6.11. The molecule has 0 aliphatic carbocycles. The number of rotatable bonds is 5. The quantitative estimate of drug-likeness (QED) is 0.610. The van der Waals surface area contributed by atoms with E-state index in [1.807, 2.05) is 13.8 Å². The number of ether oxygens (including phenoxy) is 1. The predicted molar refractivity (Wildman–Crippen MR) is 71.5 cm³/mol. The van der Waals surface area contributed by atoms with Gasteiger partial charge in [-0.25, -0.2) is 0 Å². The smallest absolute Gasteiger partial charge is 0.186 e. The molecule has 0 spiro atoms. The van der Waals surface area contributed by atoms with Crippen molar-refractivity contribution >= 4 is 23.0 Å². The number of Topliss-reactive ketones (excluding diaryl/α,β-unsaturated/α-hetero) is 1. The minimum atomic E-state index is -0.134. The fourth-order valence-electron chi connectivity index (χ4n) is 1.95. The van der Waals surface area contributed by atoms with E-state index < -0.39 is 0 Å². The number of hydrogen-bond donors (Lipinski definition) is 0. The van der Waals surface area contributed by atoms with E-state index in [1.165, 1.54) is 4.68 Å². The molecule has 0 fully saturated rings. The summed E-state index contributed by atoms with van der Waals surface area (Å²) >= 11 is 0. The molecule has 0 N–H and O–H groups in total. The van der Waals surface area contributed by atoms with Crippen molar-refractivity contribution in [1.29, 1.82) is 0 Å². The molecule has 0 atom stereocenters. The molecule has 2 aromatic rings. The lowest BCUT2D eigenvalue weighted by atomic mass is 10.0. The fraction of sp³-hybridized carbons (Fsp3) is 0.357. The second-order valence-electron chi connectivity index (χ2n) is 4.60. The zero-order chi connectivity index (χ0) is 14.0. The number of benzene rings is 1. The van der Waals surface area contributed by atoms with Crippen LogP contribution >= 0.6 is 0 Å². The number of ketones is 1. The molecule has 1 aromatic carbocycles. The molecule has 100 valence electrons. The highest BCUT2D eigenvalue weighted by Crippen LogP contribution is 2.25. The van der Waals surface area contributed by atoms with E-state index in [0.717, 1.165) is 17.2 Å². The Morgan fingerprint density at radius 2 is 2.21 bits per heavy atom. The van der Waals surface area contributed by atoms with E-state index in [-0.39, 0.29) is 18.2 Å². The molecule has 5 nitrogen and oxygen atoms in total. The van der Waals surface area contributed by atoms with Crippen LogP contribution in [-0.2, 0) is 11.3 Å². The maximum atomic E-state index is 12.1. The molecule has 1 aromatic heterocycles. The third kappa shape index (κ3) is 2.36. The first-order chi connectivity index (χ1) is 9.08. The molecule has 0 saturated carbocycles. The number of carbonyl (C=O) groups excluding carboxylic acids is 2. The van der Waals surface area contributed by atoms with E-state index in [4.69, 9.17) is 4.74 Å². The van der Waals surface area contributed by atoms with Crippen LogP contribution in [0.5, 0.6) is 5.75 Å². The van der Waals surface area contributed by atoms with Gasteiger partial charge in [0, 0.05) is 17.4 Å². The Hall–Kier alpha value is -2.17. The average Bonchev–Trinajstić information content (AvgIpc) is 2.76. The molecule has 5 heteroatoms. The van der Waals surface area contributed by atoms with Crippen LogP contribution in [0.1, 0.15) is 24.3 Å². The van der Waals surface area contributed by atoms with Crippen molar-refractivity contribution in [3.8, 4) is 5.75 Å². The summed E-state index contributed by atoms with van der Waals surface area (Å²) in [5.74, 6) is 0.507. The largest absolute Gasteiger partial charge is 0.497 e. The third-order valence-electron chi connectivity index (χ3n) is 2.96. The van der Waals surface area contributed by atoms with Crippen molar-refractivity contribution in [2.24, 2.45) is 5.92 Å². The Bertz CT molecular complexity index is 629. The Kier molecular flexibility index (Phi) is 3.64. The van der Waals surface area contributed by atoms with Gasteiger partial charge < -0.3 is 9.53 Å². The summed E-state index contributed by atoms with van der Waals surface area (Å²) in [5.41, 5.74) is 1.14. The number of aromatic nitrogens is 2. The molecule has 0 radical (unpaired) electrons. The highest BCUT2D eigenvalue weighted by molar-refractivity contribution is 6.07. The summed E-state index contributed by atoms with van der Waals surface area (Å²) < 4.78 is 6.69. The summed E-state index contributed by atoms with van der Waals surface area (Å²) in [6.45, 7) is 3.78. The monoisotopic (exact) mass is 260 g/mol. The maximum Gasteiger partial charge on any atom is 0.186 e. The molecule has 1 heterocycles. The third-order valence-corrected chi connectivity index (χ3v) is 2.96. The average molecular weight is 260 g/mol. The molecule has 0 amide bonds. The summed E-state index contributed by atoms with van der Waals surface area (Å²) in [6.07, 6.45) is 0.759. The summed E-state index contributed by atoms with van der Waals surface area (Å²) in [6, 6.07) is 5.37. The summed E-state index contributed by atoms with van der Waals surface area (Å²) in [7, 11) is 1.57. The van der Waals surface area contributed by atoms with Gasteiger partial charge in [0.2, 0.25) is 0 Å². The zero-order valence-corrected chi connectivity index (χ0v) is 11.2. The van der Waals surface area contributed by atoms with E-state index in [0.29, 0.717) is 11.4 Å². The number of carbonyl (C=O) groups is 2. The van der Waals surface area contributed by atoms with Crippen molar-refractivity contribution in [2.75, 3.05) is 7.11 Å². The molecule has 0 unspecified atom stereocenters. The lowest BCUT2D eigenvalue weighted by Gasteiger charge is -2.02. The Labute approximate surface area is 111 Å². The van der Waals surface area contributed by atoms with Crippen molar-refractivity contribution in [2.45, 2.75) is 20.4 Å². The Balaban J connectivity index is 2.66. The molecule has 0 aliphatic rings. The first-order valence-electron chi connectivity index (χ1n) is 6.11. The topological polar surface area (TPSA) is 61.2 Å². The van der Waals surface area contributed by atoms with Gasteiger partial charge in [0.05, 0.1) is 19.2 Å². The fourth-order valence-corrected chi connectivity index (χ4v) is 1.95. The van der Waals surface area contributed by atoms with E-state index in [9.17, 15) is 9.59 Å². The summed E-state index contributed by atoms with van der Waals surface area (Å²) in [4.78, 5) is 22.8.